The molecule has 174 valence electrons. The maximum atomic E-state index is 12.1. The van der Waals surface area contributed by atoms with Gasteiger partial charge in [-0.2, -0.15) is 0 Å². The Morgan fingerprint density at radius 3 is 2.53 bits per heavy atom. The fourth-order valence-corrected chi connectivity index (χ4v) is 6.16. The maximum absolute atomic E-state index is 12.1. The Labute approximate surface area is 203 Å². The number of hydrogen-bond acceptors (Lipinski definition) is 3. The van der Waals surface area contributed by atoms with Crippen molar-refractivity contribution >= 4 is 42.2 Å². The normalized spacial score (nSPS) is 11.7. The molecule has 0 saturated carbocycles. The first-order chi connectivity index (χ1) is 16.4. The van der Waals surface area contributed by atoms with Gasteiger partial charge in [0.2, 0.25) is 0 Å². The summed E-state index contributed by atoms with van der Waals surface area (Å²) in [4.78, 5) is 27.9. The van der Waals surface area contributed by atoms with Crippen molar-refractivity contribution in [1.82, 2.24) is 9.55 Å². The molecule has 2 N–H and O–H groups in total. The predicted molar refractivity (Wildman–Crippen MR) is 134 cm³/mol. The van der Waals surface area contributed by atoms with Gasteiger partial charge in [0, 0.05) is 0 Å². The number of benzene rings is 2. The van der Waals surface area contributed by atoms with Crippen LogP contribution < -0.4 is 0 Å². The molecule has 2 aromatic heterocycles. The third-order valence-electron chi connectivity index (χ3n) is 5.70. The minimum absolute atomic E-state index is 0.129. The summed E-state index contributed by atoms with van der Waals surface area (Å²) in [6.07, 6.45) is 6.68. The van der Waals surface area contributed by atoms with Crippen LogP contribution in [0.5, 0.6) is 0 Å². The molecule has 0 amide bonds. The van der Waals surface area contributed by atoms with Crippen LogP contribution >= 0.6 is 0 Å². The summed E-state index contributed by atoms with van der Waals surface area (Å²) in [5.74, 6) is -0.990. The van der Waals surface area contributed by atoms with Crippen LogP contribution in [0.15, 0.2) is 66.4 Å². The van der Waals surface area contributed by atoms with E-state index in [1.54, 1.807) is 36.5 Å². The minimum atomic E-state index is -0.961. The van der Waals surface area contributed by atoms with Crippen LogP contribution in [-0.4, -0.2) is 46.2 Å². The first-order valence-corrected chi connectivity index (χ1v) is 12.9. The first kappa shape index (κ1) is 23.7. The summed E-state index contributed by atoms with van der Waals surface area (Å²) in [5, 5.41) is 20.3. The molecule has 0 bridgehead atoms. The SMILES string of the molecule is CCCCc1ncc(/C=C(\Cc2cc3ccccc3[se]2)C(=O)O)n1Cc1ccc(C(=O)O)cc1. The van der Waals surface area contributed by atoms with Gasteiger partial charge in [-0.1, -0.05) is 0 Å². The molecule has 0 aliphatic carbocycles. The van der Waals surface area contributed by atoms with Crippen LogP contribution in [0.25, 0.3) is 15.7 Å². The number of aromatic carboxylic acids is 1. The molecule has 0 radical (unpaired) electrons. The molecular formula is C27H26N2O4Se. The van der Waals surface area contributed by atoms with Gasteiger partial charge in [-0.3, -0.25) is 0 Å². The molecule has 0 atom stereocenters. The van der Waals surface area contributed by atoms with Crippen LogP contribution in [0, 0.1) is 0 Å². The standard InChI is InChI=1S/C27H26N2O4Se/c1-2-3-8-25-28-16-22(29(25)17-18-9-11-19(12-10-18)26(30)31)13-21(27(32)33)15-23-14-20-6-4-5-7-24(20)34-23/h4-7,9-14,16H,2-3,8,15,17H2,1H3,(H,30,31)(H,32,33)/b21-13+. The number of carboxylic acid groups (broad SMARTS) is 2. The van der Waals surface area contributed by atoms with Gasteiger partial charge in [0.15, 0.2) is 0 Å². The molecule has 34 heavy (non-hydrogen) atoms. The number of unbranched alkanes of at least 4 members (excludes halogenated alkanes) is 1. The van der Waals surface area contributed by atoms with E-state index in [4.69, 9.17) is 5.11 Å². The summed E-state index contributed by atoms with van der Waals surface area (Å²) in [5.41, 5.74) is 2.26. The van der Waals surface area contributed by atoms with Crippen molar-refractivity contribution in [1.29, 1.82) is 0 Å². The van der Waals surface area contributed by atoms with Crippen molar-refractivity contribution in [2.45, 2.75) is 39.2 Å². The summed E-state index contributed by atoms with van der Waals surface area (Å²) in [7, 11) is 0. The number of aromatic nitrogens is 2. The second-order valence-corrected chi connectivity index (χ2v) is 10.6. The van der Waals surface area contributed by atoms with E-state index in [0.717, 1.165) is 40.8 Å². The van der Waals surface area contributed by atoms with Gasteiger partial charge < -0.3 is 5.11 Å². The third-order valence-corrected chi connectivity index (χ3v) is 8.04. The van der Waals surface area contributed by atoms with Crippen LogP contribution in [0.4, 0.5) is 0 Å². The van der Waals surface area contributed by atoms with Crippen molar-refractivity contribution < 1.29 is 19.8 Å². The molecule has 7 heteroatoms. The summed E-state index contributed by atoms with van der Waals surface area (Å²) < 4.78 is 4.47. The van der Waals surface area contributed by atoms with E-state index >= 15 is 0 Å². The number of carboxylic acids is 2. The Morgan fingerprint density at radius 2 is 1.85 bits per heavy atom. The predicted octanol–water partition coefficient (Wildman–Crippen LogP) is 4.89. The Morgan fingerprint density at radius 1 is 1.09 bits per heavy atom. The van der Waals surface area contributed by atoms with Gasteiger partial charge in [0.05, 0.1) is 0 Å². The molecule has 2 heterocycles. The van der Waals surface area contributed by atoms with Crippen molar-refractivity contribution in [3.63, 3.8) is 0 Å². The van der Waals surface area contributed by atoms with E-state index in [2.05, 4.69) is 30.1 Å². The Hall–Kier alpha value is -3.41. The van der Waals surface area contributed by atoms with Crippen molar-refractivity contribution in [3.8, 4) is 0 Å². The van der Waals surface area contributed by atoms with Gasteiger partial charge in [-0.15, -0.1) is 0 Å². The molecule has 0 fully saturated rings. The van der Waals surface area contributed by atoms with E-state index < -0.39 is 11.9 Å². The third kappa shape index (κ3) is 5.56. The Bertz CT molecular complexity index is 1320. The number of fused-ring (bicyclic) bond motifs is 1. The summed E-state index contributed by atoms with van der Waals surface area (Å²) >= 11 is 0.129. The van der Waals surface area contributed by atoms with Crippen LogP contribution in [0.2, 0.25) is 0 Å². The monoisotopic (exact) mass is 522 g/mol. The van der Waals surface area contributed by atoms with E-state index in [-0.39, 0.29) is 20.1 Å². The van der Waals surface area contributed by atoms with E-state index in [0.29, 0.717) is 18.5 Å². The number of nitrogens with zero attached hydrogens (tertiary/aromatic N) is 2. The fraction of sp³-hybridized carbons (Fsp3) is 0.222. The number of carbonyl (C=O) groups is 2. The zero-order valence-electron chi connectivity index (χ0n) is 18.9. The van der Waals surface area contributed by atoms with Gasteiger partial charge in [-0.05, 0) is 0 Å². The van der Waals surface area contributed by atoms with Gasteiger partial charge in [0.1, 0.15) is 0 Å². The van der Waals surface area contributed by atoms with Crippen molar-refractivity contribution in [3.05, 3.63) is 93.4 Å². The van der Waals surface area contributed by atoms with Gasteiger partial charge in [0.25, 0.3) is 0 Å². The topological polar surface area (TPSA) is 92.4 Å². The molecule has 0 unspecified atom stereocenters. The Balaban J connectivity index is 1.66. The molecule has 6 nitrogen and oxygen atoms in total. The van der Waals surface area contributed by atoms with Crippen molar-refractivity contribution in [2.24, 2.45) is 0 Å². The summed E-state index contributed by atoms with van der Waals surface area (Å²) in [6, 6.07) is 17.1. The molecule has 2 aromatic carbocycles. The zero-order valence-corrected chi connectivity index (χ0v) is 20.6. The molecule has 0 spiro atoms. The van der Waals surface area contributed by atoms with E-state index in [9.17, 15) is 14.7 Å². The van der Waals surface area contributed by atoms with Crippen molar-refractivity contribution in [2.75, 3.05) is 0 Å². The molecule has 0 aliphatic rings. The molecule has 0 saturated heterocycles. The summed E-state index contributed by atoms with van der Waals surface area (Å²) in [6.45, 7) is 2.62. The van der Waals surface area contributed by atoms with Gasteiger partial charge in [-0.25, -0.2) is 4.79 Å². The number of rotatable bonds is 10. The van der Waals surface area contributed by atoms with E-state index in [1.807, 2.05) is 16.7 Å². The Kier molecular flexibility index (Phi) is 7.46. The zero-order chi connectivity index (χ0) is 24.1. The quantitative estimate of drug-likeness (QED) is 0.229. The van der Waals surface area contributed by atoms with Gasteiger partial charge >= 0.3 is 194 Å². The molecule has 4 rings (SSSR count). The van der Waals surface area contributed by atoms with Crippen LogP contribution in [0.3, 0.4) is 0 Å². The fourth-order valence-electron chi connectivity index (χ4n) is 3.88. The second-order valence-electron chi connectivity index (χ2n) is 8.19. The number of hydrogen-bond donors (Lipinski definition) is 2. The average Bonchev–Trinajstić information content (AvgIpc) is 3.40. The number of imidazole rings is 1. The first-order valence-electron chi connectivity index (χ1n) is 11.2. The average molecular weight is 521 g/mol. The number of aryl methyl sites for hydroxylation is 1. The van der Waals surface area contributed by atoms with E-state index in [1.165, 1.54) is 9.65 Å². The molecule has 4 aromatic rings. The van der Waals surface area contributed by atoms with Crippen LogP contribution in [0.1, 0.15) is 51.6 Å². The molecular weight excluding hydrogens is 495 g/mol. The number of aliphatic carboxylic acids is 1. The molecule has 0 aliphatic heterocycles. The van der Waals surface area contributed by atoms with Crippen LogP contribution in [-0.2, 0) is 24.2 Å². The second kappa shape index (κ2) is 10.7.